The molecule has 0 spiro atoms. The lowest BCUT2D eigenvalue weighted by Gasteiger charge is -2.23. The van der Waals surface area contributed by atoms with Crippen molar-refractivity contribution >= 4 is 17.6 Å². The van der Waals surface area contributed by atoms with Crippen molar-refractivity contribution in [3.63, 3.8) is 0 Å². The van der Waals surface area contributed by atoms with Gasteiger partial charge in [0.05, 0.1) is 6.04 Å². The minimum Gasteiger partial charge on any atom is -0.333 e. The minimum atomic E-state index is -0.327. The van der Waals surface area contributed by atoms with Gasteiger partial charge in [0.1, 0.15) is 5.82 Å². The number of amides is 3. The van der Waals surface area contributed by atoms with Gasteiger partial charge >= 0.3 is 6.03 Å². The first-order valence-corrected chi connectivity index (χ1v) is 8.25. The van der Waals surface area contributed by atoms with E-state index in [1.807, 2.05) is 4.90 Å². The molecule has 23 heavy (non-hydrogen) atoms. The second-order valence-corrected chi connectivity index (χ2v) is 6.23. The van der Waals surface area contributed by atoms with Crippen LogP contribution in [0.15, 0.2) is 24.3 Å². The Labute approximate surface area is 135 Å². The van der Waals surface area contributed by atoms with E-state index in [1.54, 1.807) is 17.0 Å². The molecule has 2 saturated heterocycles. The molecule has 0 saturated carbocycles. The zero-order chi connectivity index (χ0) is 16.2. The molecule has 1 aromatic rings. The molecule has 0 aliphatic carbocycles. The van der Waals surface area contributed by atoms with Crippen LogP contribution in [0.2, 0.25) is 0 Å². The fourth-order valence-electron chi connectivity index (χ4n) is 3.21. The van der Waals surface area contributed by atoms with Crippen molar-refractivity contribution in [2.75, 3.05) is 24.5 Å². The summed E-state index contributed by atoms with van der Waals surface area (Å²) < 4.78 is 13.0. The van der Waals surface area contributed by atoms with Crippen LogP contribution < -0.4 is 10.2 Å². The minimum absolute atomic E-state index is 0.0437. The van der Waals surface area contributed by atoms with Gasteiger partial charge in [-0.1, -0.05) is 12.8 Å². The van der Waals surface area contributed by atoms with Crippen molar-refractivity contribution in [1.82, 2.24) is 10.2 Å². The van der Waals surface area contributed by atoms with Crippen LogP contribution in [0, 0.1) is 5.82 Å². The Morgan fingerprint density at radius 1 is 1.09 bits per heavy atom. The second kappa shape index (κ2) is 6.98. The number of likely N-dealkylation sites (tertiary alicyclic amines) is 1. The Morgan fingerprint density at radius 3 is 2.39 bits per heavy atom. The van der Waals surface area contributed by atoms with Crippen LogP contribution in [-0.2, 0) is 4.79 Å². The first-order chi connectivity index (χ1) is 11.1. The maximum Gasteiger partial charge on any atom is 0.317 e. The largest absolute Gasteiger partial charge is 0.333 e. The van der Waals surface area contributed by atoms with Gasteiger partial charge in [-0.3, -0.25) is 4.79 Å². The van der Waals surface area contributed by atoms with Crippen LogP contribution in [0.5, 0.6) is 0 Å². The summed E-state index contributed by atoms with van der Waals surface area (Å²) >= 11 is 0. The summed E-state index contributed by atoms with van der Waals surface area (Å²) in [6.45, 7) is 2.01. The average Bonchev–Trinajstić information content (AvgIpc) is 2.76. The Kier molecular flexibility index (Phi) is 4.79. The molecule has 1 atom stereocenters. The molecule has 1 unspecified atom stereocenters. The molecule has 1 aromatic carbocycles. The number of nitrogens with zero attached hydrogens (tertiary/aromatic N) is 2. The molecule has 3 rings (SSSR count). The van der Waals surface area contributed by atoms with Gasteiger partial charge in [-0.15, -0.1) is 0 Å². The van der Waals surface area contributed by atoms with Crippen molar-refractivity contribution in [3.05, 3.63) is 30.1 Å². The van der Waals surface area contributed by atoms with Crippen LogP contribution in [-0.4, -0.2) is 42.5 Å². The van der Waals surface area contributed by atoms with Gasteiger partial charge in [-0.2, -0.15) is 0 Å². The molecule has 0 aromatic heterocycles. The van der Waals surface area contributed by atoms with E-state index in [9.17, 15) is 14.0 Å². The highest BCUT2D eigenvalue weighted by Gasteiger charge is 2.32. The number of hydrogen-bond acceptors (Lipinski definition) is 2. The Hall–Kier alpha value is -2.11. The van der Waals surface area contributed by atoms with Crippen LogP contribution in [0.1, 0.15) is 32.1 Å². The summed E-state index contributed by atoms with van der Waals surface area (Å²) in [6.07, 6.45) is 4.71. The molecular weight excluding hydrogens is 297 g/mol. The molecule has 1 N–H and O–H groups in total. The molecule has 0 radical (unpaired) electrons. The summed E-state index contributed by atoms with van der Waals surface area (Å²) in [4.78, 5) is 27.9. The van der Waals surface area contributed by atoms with Gasteiger partial charge in [-0.25, -0.2) is 9.18 Å². The van der Waals surface area contributed by atoms with Crippen LogP contribution in [0.3, 0.4) is 0 Å². The zero-order valence-corrected chi connectivity index (χ0v) is 13.1. The smallest absolute Gasteiger partial charge is 0.317 e. The van der Waals surface area contributed by atoms with Crippen LogP contribution in [0.4, 0.5) is 14.9 Å². The summed E-state index contributed by atoms with van der Waals surface area (Å²) in [5.74, 6) is -0.371. The Bertz CT molecular complexity index is 568. The van der Waals surface area contributed by atoms with Gasteiger partial charge < -0.3 is 15.1 Å². The maximum atomic E-state index is 13.0. The highest BCUT2D eigenvalue weighted by atomic mass is 19.1. The normalized spacial score (nSPS) is 22.1. The number of carbonyl (C=O) groups excluding carboxylic acids is 2. The first-order valence-electron chi connectivity index (χ1n) is 8.25. The highest BCUT2D eigenvalue weighted by molar-refractivity contribution is 5.96. The number of halogens is 1. The first kappa shape index (κ1) is 15.8. The predicted octanol–water partition coefficient (Wildman–Crippen LogP) is 2.52. The molecule has 124 valence electrons. The van der Waals surface area contributed by atoms with Crippen molar-refractivity contribution in [2.45, 2.75) is 38.1 Å². The molecule has 2 heterocycles. The molecule has 2 aliphatic rings. The van der Waals surface area contributed by atoms with Crippen LogP contribution >= 0.6 is 0 Å². The standard InChI is InChI=1S/C17H22FN3O2/c18-13-5-7-15(8-6-13)21-12-14(11-16(21)22)19-17(23)20-9-3-1-2-4-10-20/h5-8,14H,1-4,9-12H2,(H,19,23). The zero-order valence-electron chi connectivity index (χ0n) is 13.1. The molecule has 3 amide bonds. The molecule has 6 heteroatoms. The molecule has 0 bridgehead atoms. The molecular formula is C17H22FN3O2. The second-order valence-electron chi connectivity index (χ2n) is 6.23. The van der Waals surface area contributed by atoms with E-state index in [0.29, 0.717) is 12.2 Å². The van der Waals surface area contributed by atoms with Gasteiger partial charge in [0.25, 0.3) is 0 Å². The van der Waals surface area contributed by atoms with E-state index in [0.717, 1.165) is 25.9 Å². The SMILES string of the molecule is O=C(NC1CC(=O)N(c2ccc(F)cc2)C1)N1CCCCCC1. The predicted molar refractivity (Wildman–Crippen MR) is 85.7 cm³/mol. The molecule has 2 aliphatic heterocycles. The quantitative estimate of drug-likeness (QED) is 0.910. The van der Waals surface area contributed by atoms with E-state index in [1.165, 1.54) is 25.0 Å². The maximum absolute atomic E-state index is 13.0. The number of carbonyl (C=O) groups is 2. The highest BCUT2D eigenvalue weighted by Crippen LogP contribution is 2.22. The average molecular weight is 319 g/mol. The molecule has 2 fully saturated rings. The lowest BCUT2D eigenvalue weighted by Crippen LogP contribution is -2.46. The van der Waals surface area contributed by atoms with Crippen molar-refractivity contribution in [2.24, 2.45) is 0 Å². The van der Waals surface area contributed by atoms with Crippen molar-refractivity contribution in [3.8, 4) is 0 Å². The van der Waals surface area contributed by atoms with E-state index in [4.69, 9.17) is 0 Å². The monoisotopic (exact) mass is 319 g/mol. The number of hydrogen-bond donors (Lipinski definition) is 1. The summed E-state index contributed by atoms with van der Waals surface area (Å²) in [7, 11) is 0. The van der Waals surface area contributed by atoms with Crippen molar-refractivity contribution in [1.29, 1.82) is 0 Å². The van der Waals surface area contributed by atoms with E-state index >= 15 is 0 Å². The van der Waals surface area contributed by atoms with Crippen molar-refractivity contribution < 1.29 is 14.0 Å². The lowest BCUT2D eigenvalue weighted by molar-refractivity contribution is -0.117. The van der Waals surface area contributed by atoms with E-state index in [2.05, 4.69) is 5.32 Å². The fraction of sp³-hybridized carbons (Fsp3) is 0.529. The number of urea groups is 1. The van der Waals surface area contributed by atoms with E-state index in [-0.39, 0.29) is 30.2 Å². The number of anilines is 1. The lowest BCUT2D eigenvalue weighted by atomic mass is 10.2. The van der Waals surface area contributed by atoms with E-state index < -0.39 is 0 Å². The van der Waals surface area contributed by atoms with Gasteiger partial charge in [0.15, 0.2) is 0 Å². The fourth-order valence-corrected chi connectivity index (χ4v) is 3.21. The summed E-state index contributed by atoms with van der Waals surface area (Å²) in [5.41, 5.74) is 0.669. The number of benzene rings is 1. The topological polar surface area (TPSA) is 52.7 Å². The Balaban J connectivity index is 1.58. The summed E-state index contributed by atoms with van der Waals surface area (Å²) in [6, 6.07) is 5.59. The molecule has 5 nitrogen and oxygen atoms in total. The number of nitrogens with one attached hydrogen (secondary N) is 1. The Morgan fingerprint density at radius 2 is 1.74 bits per heavy atom. The summed E-state index contributed by atoms with van der Waals surface area (Å²) in [5, 5.41) is 2.97. The number of rotatable bonds is 2. The third-order valence-electron chi connectivity index (χ3n) is 4.48. The van der Waals surface area contributed by atoms with Gasteiger partial charge in [0, 0.05) is 31.7 Å². The van der Waals surface area contributed by atoms with Gasteiger partial charge in [-0.05, 0) is 37.1 Å². The third-order valence-corrected chi connectivity index (χ3v) is 4.48. The third kappa shape index (κ3) is 3.81. The van der Waals surface area contributed by atoms with Gasteiger partial charge in [0.2, 0.25) is 5.91 Å². The van der Waals surface area contributed by atoms with Crippen LogP contribution in [0.25, 0.3) is 0 Å².